The Morgan fingerprint density at radius 3 is 2.47 bits per heavy atom. The van der Waals surface area contributed by atoms with Crippen molar-refractivity contribution >= 4 is 8.53 Å². The van der Waals surface area contributed by atoms with Crippen LogP contribution in [-0.2, 0) is 44.8 Å². The molecule has 81 valence electrons. The van der Waals surface area contributed by atoms with Crippen molar-refractivity contribution in [3.63, 3.8) is 0 Å². The van der Waals surface area contributed by atoms with Gasteiger partial charge in [0.25, 0.3) is 0 Å². The average Bonchev–Trinajstić information content (AvgIpc) is 2.75. The summed E-state index contributed by atoms with van der Waals surface area (Å²) in [5, 5.41) is 0. The van der Waals surface area contributed by atoms with E-state index >= 15 is 0 Å². The van der Waals surface area contributed by atoms with Crippen molar-refractivity contribution in [2.24, 2.45) is 3.74 Å². The van der Waals surface area contributed by atoms with Gasteiger partial charge in [-0.05, 0) is 0 Å². The molecule has 6 heteroatoms. The number of hydrogen-bond donors (Lipinski definition) is 0. The second kappa shape index (κ2) is 10.1. The van der Waals surface area contributed by atoms with Gasteiger partial charge >= 0.3 is 102 Å². The third kappa shape index (κ3) is 7.53. The standard InChI is InChI=1S/C5H5.C2H5.2CO.NO.2W/c1-2-4-5-3-1;4*1-2;;/h1-3H,4H2;1H2,2H3;;;;;/q;;;;-1;;+1. The van der Waals surface area contributed by atoms with Crippen molar-refractivity contribution in [3.8, 4) is 0 Å². The fourth-order valence-corrected chi connectivity index (χ4v) is 3.84. The van der Waals surface area contributed by atoms with Crippen LogP contribution in [0.2, 0.25) is 4.81 Å². The van der Waals surface area contributed by atoms with E-state index in [-0.39, 0.29) is 18.6 Å². The minimum absolute atomic E-state index is 0.0208. The van der Waals surface area contributed by atoms with E-state index < -0.39 is 16.6 Å². The molecule has 0 aliphatic heterocycles. The molecule has 0 bridgehead atoms. The van der Waals surface area contributed by atoms with Gasteiger partial charge in [-0.3, -0.25) is 0 Å². The number of hydrogen-bond acceptors (Lipinski definition) is 4. The van der Waals surface area contributed by atoms with E-state index in [1.165, 1.54) is 19.8 Å². The van der Waals surface area contributed by atoms with E-state index in [9.17, 15) is 14.5 Å². The van der Waals surface area contributed by atoms with Gasteiger partial charge < -0.3 is 0 Å². The van der Waals surface area contributed by atoms with Crippen LogP contribution in [0.3, 0.4) is 0 Å². The van der Waals surface area contributed by atoms with Gasteiger partial charge in [0.15, 0.2) is 0 Å². The Balaban J connectivity index is 0.000000265. The predicted octanol–water partition coefficient (Wildman–Crippen LogP) is 1.77. The van der Waals surface area contributed by atoms with Crippen LogP contribution in [-0.4, -0.2) is 8.53 Å². The van der Waals surface area contributed by atoms with E-state index in [4.69, 9.17) is 0 Å². The molecule has 1 aliphatic rings. The summed E-state index contributed by atoms with van der Waals surface area (Å²) in [6, 6.07) is 0. The van der Waals surface area contributed by atoms with Gasteiger partial charge in [-0.15, -0.1) is 0 Å². The Morgan fingerprint density at radius 1 is 1.53 bits per heavy atom. The molecule has 0 atom stereocenters. The zero-order chi connectivity index (χ0) is 11.5. The molecule has 0 aromatic rings. The Morgan fingerprint density at radius 2 is 2.20 bits per heavy atom. The molecular formula is C9H10NO3W2. The predicted molar refractivity (Wildman–Crippen MR) is 49.5 cm³/mol. The summed E-state index contributed by atoms with van der Waals surface area (Å²) < 4.78 is 6.47. The van der Waals surface area contributed by atoms with E-state index in [2.05, 4.69) is 28.9 Å². The van der Waals surface area contributed by atoms with Crippen molar-refractivity contribution in [1.82, 2.24) is 0 Å². The van der Waals surface area contributed by atoms with Gasteiger partial charge in [0.05, 0.1) is 0 Å². The first-order valence-electron chi connectivity index (χ1n) is 4.10. The van der Waals surface area contributed by atoms with Crippen LogP contribution in [0, 0.1) is 4.91 Å². The number of carbonyl (C=O) groups excluding carboxylic acids is 2. The first-order chi connectivity index (χ1) is 7.28. The van der Waals surface area contributed by atoms with Gasteiger partial charge in [0, 0.05) is 0 Å². The van der Waals surface area contributed by atoms with Gasteiger partial charge in [-0.1, -0.05) is 0 Å². The topological polar surface area (TPSA) is 63.6 Å². The molecule has 0 aromatic heterocycles. The van der Waals surface area contributed by atoms with Crippen LogP contribution in [0.5, 0.6) is 0 Å². The Hall–Kier alpha value is -0.383. The van der Waals surface area contributed by atoms with Gasteiger partial charge in [-0.2, -0.15) is 0 Å². The van der Waals surface area contributed by atoms with Crippen LogP contribution in [0.4, 0.5) is 0 Å². The summed E-state index contributed by atoms with van der Waals surface area (Å²) in [6.07, 6.45) is 8.02. The van der Waals surface area contributed by atoms with Crippen molar-refractivity contribution < 1.29 is 44.8 Å². The average molecular weight is 548 g/mol. The van der Waals surface area contributed by atoms with E-state index in [0.29, 0.717) is 0 Å². The van der Waals surface area contributed by atoms with Crippen LogP contribution in [0.25, 0.3) is 0 Å². The van der Waals surface area contributed by atoms with Gasteiger partial charge in [0.1, 0.15) is 0 Å². The normalized spacial score (nSPS) is 11.7. The third-order valence-corrected chi connectivity index (χ3v) is 6.43. The Bertz CT molecular complexity index is 380. The molecule has 1 rings (SSSR count). The van der Waals surface area contributed by atoms with Gasteiger partial charge in [0.2, 0.25) is 0 Å². The molecule has 0 unspecified atom stereocenters. The van der Waals surface area contributed by atoms with Crippen LogP contribution in [0.1, 0.15) is 13.3 Å². The van der Waals surface area contributed by atoms with Crippen molar-refractivity contribution in [2.75, 3.05) is 0 Å². The van der Waals surface area contributed by atoms with E-state index in [1.807, 2.05) is 0 Å². The van der Waals surface area contributed by atoms with E-state index in [0.717, 1.165) is 0 Å². The molecule has 15 heavy (non-hydrogen) atoms. The zero-order valence-electron chi connectivity index (χ0n) is 8.13. The summed E-state index contributed by atoms with van der Waals surface area (Å²) in [5.74, 6) is 0. The second-order valence-corrected chi connectivity index (χ2v) is 11.0. The van der Waals surface area contributed by atoms with Crippen LogP contribution < -0.4 is 0 Å². The third-order valence-electron chi connectivity index (χ3n) is 1.30. The fraction of sp³-hybridized carbons (Fsp3) is 0.333. The Labute approximate surface area is 102 Å². The molecule has 0 saturated carbocycles. The molecule has 0 N–H and O–H groups in total. The number of nitrogens with zero attached hydrogens (tertiary/aromatic N) is 1. The molecule has 0 heterocycles. The molecule has 0 amide bonds. The number of allylic oxidation sites excluding steroid dienone is 4. The molecular weight excluding hydrogens is 538 g/mol. The molecule has 0 spiro atoms. The monoisotopic (exact) mass is 548 g/mol. The summed E-state index contributed by atoms with van der Waals surface area (Å²) in [6.45, 7) is 2.30. The number of rotatable bonds is 3. The fourth-order valence-electron chi connectivity index (χ4n) is 0.767. The zero-order valence-corrected chi connectivity index (χ0v) is 14.0. The molecule has 0 aromatic carbocycles. The summed E-state index contributed by atoms with van der Waals surface area (Å²) in [7, 11) is 0. The molecule has 1 aliphatic carbocycles. The quantitative estimate of drug-likeness (QED) is 0.506. The van der Waals surface area contributed by atoms with E-state index in [1.54, 1.807) is 3.96 Å². The van der Waals surface area contributed by atoms with Gasteiger partial charge in [-0.25, -0.2) is 0 Å². The Kier molecular flexibility index (Phi) is 9.89. The number of nitroso groups, excluding NO2 is 1. The van der Waals surface area contributed by atoms with Crippen LogP contribution >= 0.6 is 0 Å². The summed E-state index contributed by atoms with van der Waals surface area (Å²) in [4.78, 5) is 29.5. The summed E-state index contributed by atoms with van der Waals surface area (Å²) >= 11 is -3.20. The maximum absolute atomic E-state index is 9.37. The molecule has 4 nitrogen and oxygen atoms in total. The molecule has 0 saturated heterocycles. The molecule has 0 fully saturated rings. The molecule has 0 radical (unpaired) electrons. The van der Waals surface area contributed by atoms with Crippen molar-refractivity contribution in [1.29, 1.82) is 0 Å². The first kappa shape index (κ1) is 14.6. The maximum atomic E-state index is 9.37. The van der Waals surface area contributed by atoms with Crippen molar-refractivity contribution in [2.45, 2.75) is 18.2 Å². The van der Waals surface area contributed by atoms with Crippen LogP contribution in [0.15, 0.2) is 25.9 Å². The van der Waals surface area contributed by atoms with Crippen molar-refractivity contribution in [3.05, 3.63) is 27.1 Å². The summed E-state index contributed by atoms with van der Waals surface area (Å²) in [5.41, 5.74) is 0. The second-order valence-electron chi connectivity index (χ2n) is 2.22. The minimum atomic E-state index is -3.18. The first-order valence-corrected chi connectivity index (χ1v) is 11.9. The SMILES string of the molecule is C[CH2][W][C]1=CC=CC1.O=[C]=[W](=[C]=O)[N]=O.